The van der Waals surface area contributed by atoms with Crippen LogP contribution in [0.2, 0.25) is 0 Å². The second-order valence-corrected chi connectivity index (χ2v) is 7.38. The number of hydrogen-bond acceptors (Lipinski definition) is 4. The Balaban J connectivity index is 1.61. The lowest BCUT2D eigenvalue weighted by molar-refractivity contribution is -0.941. The fourth-order valence-electron chi connectivity index (χ4n) is 3.98. The highest BCUT2D eigenvalue weighted by molar-refractivity contribution is 7.71. The summed E-state index contributed by atoms with van der Waals surface area (Å²) in [4.78, 5) is 5.98. The SMILES string of the molecule is COc1ccc(OC)c([C@H]2CCC[NH+]2Cn2[nH]c(-c3ccccc3)nc2=S)c1. The van der Waals surface area contributed by atoms with Gasteiger partial charge in [-0.2, -0.15) is 4.98 Å². The van der Waals surface area contributed by atoms with Crippen molar-refractivity contribution in [1.82, 2.24) is 14.8 Å². The van der Waals surface area contributed by atoms with Gasteiger partial charge in [0.15, 0.2) is 12.5 Å². The molecule has 2 heterocycles. The third kappa shape index (κ3) is 3.68. The molecule has 146 valence electrons. The summed E-state index contributed by atoms with van der Waals surface area (Å²) in [6.45, 7) is 1.82. The minimum atomic E-state index is 0.329. The molecular weight excluding hydrogens is 372 g/mol. The number of hydrogen-bond donors (Lipinski definition) is 2. The summed E-state index contributed by atoms with van der Waals surface area (Å²) in [5, 5.41) is 3.37. The normalized spacial score (nSPS) is 18.9. The number of likely N-dealkylation sites (tertiary alicyclic amines) is 1. The van der Waals surface area contributed by atoms with Crippen LogP contribution in [0.1, 0.15) is 24.4 Å². The zero-order valence-corrected chi connectivity index (χ0v) is 17.0. The number of aromatic nitrogens is 3. The van der Waals surface area contributed by atoms with Gasteiger partial charge in [0.1, 0.15) is 17.5 Å². The van der Waals surface area contributed by atoms with Crippen molar-refractivity contribution in [2.45, 2.75) is 25.6 Å². The lowest BCUT2D eigenvalue weighted by atomic mass is 10.0. The summed E-state index contributed by atoms with van der Waals surface area (Å²) in [6.07, 6.45) is 2.26. The highest BCUT2D eigenvalue weighted by atomic mass is 32.1. The lowest BCUT2D eigenvalue weighted by Crippen LogP contribution is -3.09. The molecule has 7 heteroatoms. The van der Waals surface area contributed by atoms with Crippen LogP contribution in [0.15, 0.2) is 48.5 Å². The third-order valence-corrected chi connectivity index (χ3v) is 5.70. The molecule has 2 aromatic carbocycles. The van der Waals surface area contributed by atoms with Gasteiger partial charge in [-0.05, 0) is 30.4 Å². The van der Waals surface area contributed by atoms with E-state index < -0.39 is 0 Å². The Morgan fingerprint density at radius 3 is 2.75 bits per heavy atom. The zero-order chi connectivity index (χ0) is 19.5. The summed E-state index contributed by atoms with van der Waals surface area (Å²) in [5.74, 6) is 2.56. The summed E-state index contributed by atoms with van der Waals surface area (Å²) < 4.78 is 13.6. The molecule has 0 radical (unpaired) electrons. The number of nitrogens with zero attached hydrogens (tertiary/aromatic N) is 2. The maximum absolute atomic E-state index is 5.63. The van der Waals surface area contributed by atoms with E-state index in [4.69, 9.17) is 21.7 Å². The van der Waals surface area contributed by atoms with Gasteiger partial charge in [0.2, 0.25) is 4.77 Å². The van der Waals surface area contributed by atoms with Crippen molar-refractivity contribution in [3.63, 3.8) is 0 Å². The van der Waals surface area contributed by atoms with Crippen LogP contribution in [0.3, 0.4) is 0 Å². The molecular formula is C21H25N4O2S+. The molecule has 1 aliphatic rings. The Kier molecular flexibility index (Phi) is 5.45. The van der Waals surface area contributed by atoms with E-state index in [2.05, 4.69) is 16.1 Å². The first-order valence-electron chi connectivity index (χ1n) is 9.48. The van der Waals surface area contributed by atoms with Crippen LogP contribution in [-0.4, -0.2) is 35.5 Å². The fraction of sp³-hybridized carbons (Fsp3) is 0.333. The smallest absolute Gasteiger partial charge is 0.221 e. The van der Waals surface area contributed by atoms with E-state index in [0.29, 0.717) is 10.8 Å². The number of rotatable bonds is 6. The van der Waals surface area contributed by atoms with Crippen LogP contribution < -0.4 is 14.4 Å². The molecule has 4 rings (SSSR count). The standard InChI is InChI=1S/C21H24N4O2S/c1-26-16-10-11-19(27-2)17(13-16)18-9-6-12-24(18)14-25-21(28)22-20(23-25)15-7-4-3-5-8-15/h3-5,7-8,10-11,13,18H,6,9,12,14H2,1-2H3,(H,22,23,28)/p+1/t18-/m1/s1. The molecule has 1 unspecified atom stereocenters. The average Bonchev–Trinajstić information content (AvgIpc) is 3.35. The van der Waals surface area contributed by atoms with Crippen LogP contribution in [0.4, 0.5) is 0 Å². The quantitative estimate of drug-likeness (QED) is 0.628. The minimum absolute atomic E-state index is 0.329. The van der Waals surface area contributed by atoms with E-state index in [1.807, 2.05) is 47.1 Å². The average molecular weight is 398 g/mol. The van der Waals surface area contributed by atoms with Crippen LogP contribution in [-0.2, 0) is 6.67 Å². The number of benzene rings is 2. The number of aromatic amines is 1. The maximum Gasteiger partial charge on any atom is 0.221 e. The number of ether oxygens (including phenoxy) is 2. The van der Waals surface area contributed by atoms with Crippen LogP contribution in [0.5, 0.6) is 11.5 Å². The van der Waals surface area contributed by atoms with Crippen molar-refractivity contribution in [2.24, 2.45) is 0 Å². The third-order valence-electron chi connectivity index (χ3n) is 5.38. The molecule has 0 spiro atoms. The molecule has 6 nitrogen and oxygen atoms in total. The van der Waals surface area contributed by atoms with Crippen molar-refractivity contribution >= 4 is 12.2 Å². The largest absolute Gasteiger partial charge is 0.497 e. The summed E-state index contributed by atoms with van der Waals surface area (Å²) >= 11 is 5.51. The van der Waals surface area contributed by atoms with Gasteiger partial charge in [0.05, 0.1) is 26.3 Å². The monoisotopic (exact) mass is 397 g/mol. The molecule has 0 saturated carbocycles. The molecule has 1 aromatic heterocycles. The summed E-state index contributed by atoms with van der Waals surface area (Å²) in [6, 6.07) is 16.4. The van der Waals surface area contributed by atoms with Crippen molar-refractivity contribution in [1.29, 1.82) is 0 Å². The predicted octanol–water partition coefficient (Wildman–Crippen LogP) is 3.00. The topological polar surface area (TPSA) is 56.5 Å². The summed E-state index contributed by atoms with van der Waals surface area (Å²) in [7, 11) is 3.41. The first-order valence-corrected chi connectivity index (χ1v) is 9.89. The molecule has 1 fully saturated rings. The Morgan fingerprint density at radius 2 is 2.00 bits per heavy atom. The lowest BCUT2D eigenvalue weighted by Gasteiger charge is -2.23. The van der Waals surface area contributed by atoms with Gasteiger partial charge in [0.25, 0.3) is 0 Å². The summed E-state index contributed by atoms with van der Waals surface area (Å²) in [5.41, 5.74) is 2.22. The molecule has 3 aromatic rings. The Labute approximate surface area is 169 Å². The number of H-pyrrole nitrogens is 1. The highest BCUT2D eigenvalue weighted by Crippen LogP contribution is 2.31. The Morgan fingerprint density at radius 1 is 1.18 bits per heavy atom. The van der Waals surface area contributed by atoms with E-state index in [9.17, 15) is 0 Å². The van der Waals surface area contributed by atoms with Crippen molar-refractivity contribution in [3.05, 3.63) is 58.9 Å². The number of quaternary nitrogens is 1. The minimum Gasteiger partial charge on any atom is -0.497 e. The van der Waals surface area contributed by atoms with E-state index in [0.717, 1.165) is 48.9 Å². The molecule has 1 aliphatic heterocycles. The zero-order valence-electron chi connectivity index (χ0n) is 16.1. The first-order chi connectivity index (χ1) is 13.7. The molecule has 2 N–H and O–H groups in total. The number of methoxy groups -OCH3 is 2. The van der Waals surface area contributed by atoms with Gasteiger partial charge >= 0.3 is 0 Å². The molecule has 0 amide bonds. The fourth-order valence-corrected chi connectivity index (χ4v) is 4.18. The maximum atomic E-state index is 5.63. The highest BCUT2D eigenvalue weighted by Gasteiger charge is 2.33. The van der Waals surface area contributed by atoms with Crippen LogP contribution >= 0.6 is 12.2 Å². The van der Waals surface area contributed by atoms with Crippen molar-refractivity contribution in [3.8, 4) is 22.9 Å². The van der Waals surface area contributed by atoms with Gasteiger partial charge in [0, 0.05) is 18.4 Å². The van der Waals surface area contributed by atoms with Crippen LogP contribution in [0.25, 0.3) is 11.4 Å². The van der Waals surface area contributed by atoms with E-state index in [1.165, 1.54) is 10.5 Å². The van der Waals surface area contributed by atoms with E-state index in [1.54, 1.807) is 14.2 Å². The van der Waals surface area contributed by atoms with Gasteiger partial charge in [-0.25, -0.2) is 4.68 Å². The van der Waals surface area contributed by atoms with Crippen LogP contribution in [0, 0.1) is 4.77 Å². The predicted molar refractivity (Wildman–Crippen MR) is 110 cm³/mol. The van der Waals surface area contributed by atoms with Crippen molar-refractivity contribution < 1.29 is 14.4 Å². The Bertz CT molecular complexity index is 999. The molecule has 28 heavy (non-hydrogen) atoms. The molecule has 0 aliphatic carbocycles. The second-order valence-electron chi connectivity index (χ2n) is 7.02. The van der Waals surface area contributed by atoms with Gasteiger partial charge in [-0.15, -0.1) is 0 Å². The molecule has 0 bridgehead atoms. The van der Waals surface area contributed by atoms with Gasteiger partial charge in [-0.3, -0.25) is 5.10 Å². The second kappa shape index (κ2) is 8.16. The van der Waals surface area contributed by atoms with E-state index >= 15 is 0 Å². The van der Waals surface area contributed by atoms with Gasteiger partial charge < -0.3 is 14.4 Å². The molecule has 2 atom stereocenters. The first kappa shape index (κ1) is 18.7. The Hall–Kier alpha value is -2.64. The van der Waals surface area contributed by atoms with Gasteiger partial charge in [-0.1, -0.05) is 30.3 Å². The van der Waals surface area contributed by atoms with Crippen molar-refractivity contribution in [2.75, 3.05) is 20.8 Å². The number of nitrogens with one attached hydrogen (secondary N) is 2. The molecule has 1 saturated heterocycles. The van der Waals surface area contributed by atoms with E-state index in [-0.39, 0.29) is 0 Å².